The van der Waals surface area contributed by atoms with Crippen molar-refractivity contribution in [2.45, 2.75) is 18.3 Å². The van der Waals surface area contributed by atoms with Crippen molar-refractivity contribution >= 4 is 28.4 Å². The number of hydrogen-bond acceptors (Lipinski definition) is 3. The minimum Gasteiger partial charge on any atom is -0.450 e. The number of nitrogens with zero attached hydrogens (tertiary/aromatic N) is 2. The summed E-state index contributed by atoms with van der Waals surface area (Å²) in [5.41, 5.74) is 13.8. The Labute approximate surface area is 260 Å². The maximum absolute atomic E-state index is 6.37. The lowest BCUT2D eigenvalue weighted by Gasteiger charge is -2.43. The molecule has 2 atom stereocenters. The van der Waals surface area contributed by atoms with Gasteiger partial charge in [0.1, 0.15) is 0 Å². The molecule has 0 spiro atoms. The summed E-state index contributed by atoms with van der Waals surface area (Å²) < 4.78 is 15.0. The van der Waals surface area contributed by atoms with Gasteiger partial charge in [0.2, 0.25) is 0 Å². The number of fused-ring (bicyclic) bond motifs is 3. The predicted molar refractivity (Wildman–Crippen MR) is 179 cm³/mol. The van der Waals surface area contributed by atoms with Gasteiger partial charge in [-0.15, -0.1) is 0 Å². The molecule has 0 saturated heterocycles. The van der Waals surface area contributed by atoms with Crippen molar-refractivity contribution in [1.29, 1.82) is 0 Å². The summed E-state index contributed by atoms with van der Waals surface area (Å²) in [6.45, 7) is 2.47. The SMILES string of the molecule is CC12C3=CC=C4C1c1c(cccc1N4c1ccccc1)-c1cccc4c1c2c(n4-c1ccc2c(c1)Oc1ccccc1O2)C=C3. The van der Waals surface area contributed by atoms with Crippen LogP contribution in [-0.4, -0.2) is 4.57 Å². The summed E-state index contributed by atoms with van der Waals surface area (Å²) in [4.78, 5) is 2.49. The zero-order valence-corrected chi connectivity index (χ0v) is 24.5. The van der Waals surface area contributed by atoms with Crippen molar-refractivity contribution in [3.8, 4) is 39.8 Å². The van der Waals surface area contributed by atoms with Crippen molar-refractivity contribution in [1.82, 2.24) is 4.57 Å². The first-order chi connectivity index (χ1) is 22.2. The summed E-state index contributed by atoms with van der Waals surface area (Å²) in [6.07, 6.45) is 9.37. The third-order valence-corrected chi connectivity index (χ3v) is 10.5. The van der Waals surface area contributed by atoms with E-state index in [0.29, 0.717) is 0 Å². The Hall–Kier alpha value is -5.74. The van der Waals surface area contributed by atoms with Gasteiger partial charge in [-0.3, -0.25) is 0 Å². The first kappa shape index (κ1) is 23.7. The normalized spacial score (nSPS) is 20.5. The Balaban J connectivity index is 1.20. The lowest BCUT2D eigenvalue weighted by Crippen LogP contribution is -2.37. The predicted octanol–water partition coefficient (Wildman–Crippen LogP) is 10.6. The van der Waals surface area contributed by atoms with Gasteiger partial charge in [-0.1, -0.05) is 73.7 Å². The van der Waals surface area contributed by atoms with Crippen LogP contribution in [-0.2, 0) is 5.41 Å². The van der Waals surface area contributed by atoms with Crippen molar-refractivity contribution in [2.75, 3.05) is 4.90 Å². The largest absolute Gasteiger partial charge is 0.450 e. The second-order valence-corrected chi connectivity index (χ2v) is 12.7. The summed E-state index contributed by atoms with van der Waals surface area (Å²) in [6, 6.07) is 38.6. The van der Waals surface area contributed by atoms with E-state index in [1.54, 1.807) is 0 Å². The number of rotatable bonds is 2. The van der Waals surface area contributed by atoms with Crippen LogP contribution in [0.3, 0.4) is 0 Å². The quantitative estimate of drug-likeness (QED) is 0.204. The molecule has 0 saturated carbocycles. The molecule has 3 heterocycles. The van der Waals surface area contributed by atoms with E-state index in [1.807, 2.05) is 30.3 Å². The number of aromatic nitrogens is 1. The van der Waals surface area contributed by atoms with Crippen molar-refractivity contribution < 1.29 is 9.47 Å². The van der Waals surface area contributed by atoms with Gasteiger partial charge in [-0.2, -0.15) is 0 Å². The lowest BCUT2D eigenvalue weighted by atomic mass is 9.60. The number of allylic oxidation sites excluding steroid dienone is 5. The zero-order chi connectivity index (χ0) is 29.4. The average Bonchev–Trinajstić information content (AvgIpc) is 3.58. The van der Waals surface area contributed by atoms with Crippen LogP contribution in [0.25, 0.3) is 33.8 Å². The van der Waals surface area contributed by atoms with Gasteiger partial charge in [0.05, 0.1) is 22.6 Å². The molecule has 2 aliphatic heterocycles. The highest BCUT2D eigenvalue weighted by atomic mass is 16.6. The highest BCUT2D eigenvalue weighted by Crippen LogP contribution is 2.66. The minimum absolute atomic E-state index is 0.177. The van der Waals surface area contributed by atoms with E-state index >= 15 is 0 Å². The second-order valence-electron chi connectivity index (χ2n) is 12.7. The molecule has 212 valence electrons. The monoisotopic (exact) mass is 578 g/mol. The van der Waals surface area contributed by atoms with E-state index in [2.05, 4.69) is 120 Å². The molecule has 0 N–H and O–H groups in total. The van der Waals surface area contributed by atoms with Gasteiger partial charge in [-0.25, -0.2) is 0 Å². The minimum atomic E-state index is -0.259. The number of ether oxygens (including phenoxy) is 2. The maximum Gasteiger partial charge on any atom is 0.172 e. The number of hydrogen-bond donors (Lipinski definition) is 0. The van der Waals surface area contributed by atoms with Crippen molar-refractivity contribution in [2.24, 2.45) is 0 Å². The first-order valence-electron chi connectivity index (χ1n) is 15.6. The van der Waals surface area contributed by atoms with Gasteiger partial charge in [-0.05, 0) is 88.5 Å². The van der Waals surface area contributed by atoms with Crippen LogP contribution in [0.5, 0.6) is 23.0 Å². The molecule has 1 aromatic heterocycles. The van der Waals surface area contributed by atoms with E-state index in [4.69, 9.17) is 9.47 Å². The molecule has 4 heteroatoms. The van der Waals surface area contributed by atoms with Crippen molar-refractivity contribution in [3.05, 3.63) is 156 Å². The van der Waals surface area contributed by atoms with E-state index in [1.165, 1.54) is 61.5 Å². The van der Waals surface area contributed by atoms with Crippen LogP contribution in [0, 0.1) is 0 Å². The van der Waals surface area contributed by atoms with Gasteiger partial charge in [0.25, 0.3) is 0 Å². The zero-order valence-electron chi connectivity index (χ0n) is 24.5. The van der Waals surface area contributed by atoms with Gasteiger partial charge >= 0.3 is 0 Å². The molecule has 0 amide bonds. The Kier molecular flexibility index (Phi) is 4.23. The number of anilines is 2. The molecule has 4 nitrogen and oxygen atoms in total. The standard InChI is InChI=1S/C41H26N2O2/c1-41-24-17-20-31-39(41)37-27(11-7-13-29(37)42(31)25-9-3-2-4-10-25)28-12-8-14-30-38(28)40(41)32(21-18-24)43(30)26-19-22-35-36(23-26)45-34-16-6-5-15-33(34)44-35/h2-23,39H,1H3. The summed E-state index contributed by atoms with van der Waals surface area (Å²) in [5.74, 6) is 3.11. The highest BCUT2D eigenvalue weighted by Gasteiger charge is 2.55. The smallest absolute Gasteiger partial charge is 0.172 e. The third-order valence-electron chi connectivity index (χ3n) is 10.5. The molecule has 0 bridgehead atoms. The fraction of sp³-hybridized carbons (Fsp3) is 0.0732. The average molecular weight is 579 g/mol. The summed E-state index contributed by atoms with van der Waals surface area (Å²) >= 11 is 0. The molecule has 0 radical (unpaired) electrons. The van der Waals surface area contributed by atoms with Gasteiger partial charge in [0.15, 0.2) is 23.0 Å². The van der Waals surface area contributed by atoms with Crippen LogP contribution < -0.4 is 14.4 Å². The Morgan fingerprint density at radius 1 is 0.644 bits per heavy atom. The highest BCUT2D eigenvalue weighted by molar-refractivity contribution is 6.07. The number of para-hydroxylation sites is 3. The molecule has 11 rings (SSSR count). The molecule has 45 heavy (non-hydrogen) atoms. The fourth-order valence-corrected chi connectivity index (χ4v) is 8.72. The van der Waals surface area contributed by atoms with Crippen LogP contribution in [0.15, 0.2) is 139 Å². The molecule has 6 aromatic rings. The molecule has 5 aliphatic rings. The van der Waals surface area contributed by atoms with Crippen LogP contribution in [0.4, 0.5) is 11.4 Å². The topological polar surface area (TPSA) is 26.6 Å². The van der Waals surface area contributed by atoms with E-state index in [0.717, 1.165) is 28.7 Å². The Morgan fingerprint density at radius 2 is 1.40 bits per heavy atom. The molecule has 0 fully saturated rings. The van der Waals surface area contributed by atoms with Gasteiger partial charge < -0.3 is 18.9 Å². The molecule has 2 unspecified atom stereocenters. The Morgan fingerprint density at radius 3 is 2.27 bits per heavy atom. The van der Waals surface area contributed by atoms with Crippen LogP contribution in [0.2, 0.25) is 0 Å². The van der Waals surface area contributed by atoms with E-state index in [-0.39, 0.29) is 11.3 Å². The van der Waals surface area contributed by atoms with Crippen molar-refractivity contribution in [3.63, 3.8) is 0 Å². The van der Waals surface area contributed by atoms with Crippen LogP contribution in [0.1, 0.15) is 29.7 Å². The van der Waals surface area contributed by atoms with Gasteiger partial charge in [0, 0.05) is 34.2 Å². The molecular formula is C41H26N2O2. The lowest BCUT2D eigenvalue weighted by molar-refractivity contribution is 0.359. The Bertz CT molecular complexity index is 2410. The first-order valence-corrected chi connectivity index (χ1v) is 15.6. The molecule has 5 aromatic carbocycles. The third kappa shape index (κ3) is 2.79. The number of benzene rings is 5. The van der Waals surface area contributed by atoms with E-state index < -0.39 is 0 Å². The summed E-state index contributed by atoms with van der Waals surface area (Å²) in [5, 5.41) is 1.33. The summed E-state index contributed by atoms with van der Waals surface area (Å²) in [7, 11) is 0. The maximum atomic E-state index is 6.37. The van der Waals surface area contributed by atoms with Crippen LogP contribution >= 0.6 is 0 Å². The second kappa shape index (κ2) is 8.04. The van der Waals surface area contributed by atoms with E-state index in [9.17, 15) is 0 Å². The molecule has 3 aliphatic carbocycles. The molecular weight excluding hydrogens is 552 g/mol. The fourth-order valence-electron chi connectivity index (χ4n) is 8.72.